The maximum atomic E-state index is 12.3. The summed E-state index contributed by atoms with van der Waals surface area (Å²) in [6.07, 6.45) is 0. The van der Waals surface area contributed by atoms with Crippen LogP contribution in [0, 0.1) is 13.8 Å². The second-order valence-corrected chi connectivity index (χ2v) is 5.60. The molecule has 0 N–H and O–H groups in total. The molecule has 2 aromatic rings. The summed E-state index contributed by atoms with van der Waals surface area (Å²) < 4.78 is 25.8. The summed E-state index contributed by atoms with van der Waals surface area (Å²) in [5, 5.41) is 10.3. The molecular weight excluding hydrogens is 240 g/mol. The topological polar surface area (TPSA) is 77.7 Å². The molecule has 2 rings (SSSR count). The zero-order chi connectivity index (χ0) is 12.6. The highest BCUT2D eigenvalue weighted by Crippen LogP contribution is 2.23. The number of aryl methyl sites for hydroxylation is 2. The van der Waals surface area contributed by atoms with E-state index in [-0.39, 0.29) is 10.1 Å². The van der Waals surface area contributed by atoms with Gasteiger partial charge in [-0.2, -0.15) is 0 Å². The Morgan fingerprint density at radius 1 is 1.24 bits per heavy atom. The van der Waals surface area contributed by atoms with Crippen molar-refractivity contribution in [3.63, 3.8) is 0 Å². The van der Waals surface area contributed by atoms with Gasteiger partial charge in [-0.3, -0.25) is 0 Å². The van der Waals surface area contributed by atoms with Crippen molar-refractivity contribution in [2.75, 3.05) is 0 Å². The second-order valence-electron chi connectivity index (χ2n) is 3.79. The first-order valence-corrected chi connectivity index (χ1v) is 6.46. The highest BCUT2D eigenvalue weighted by atomic mass is 32.2. The van der Waals surface area contributed by atoms with Gasteiger partial charge in [-0.05, 0) is 41.5 Å². The van der Waals surface area contributed by atoms with Gasteiger partial charge in [-0.15, -0.1) is 0 Å². The van der Waals surface area contributed by atoms with Crippen molar-refractivity contribution in [3.8, 4) is 0 Å². The summed E-state index contributed by atoms with van der Waals surface area (Å²) in [6.45, 7) is 3.63. The molecule has 0 radical (unpaired) electrons. The third kappa shape index (κ3) is 1.82. The lowest BCUT2D eigenvalue weighted by Gasteiger charge is -2.07. The monoisotopic (exact) mass is 252 g/mol. The Hall–Kier alpha value is -1.76. The number of sulfone groups is 1. The summed E-state index contributed by atoms with van der Waals surface area (Å²) in [7, 11) is -2.15. The number of hydrogen-bond acceptors (Lipinski definition) is 5. The molecule has 0 amide bonds. The van der Waals surface area contributed by atoms with Crippen LogP contribution in [-0.4, -0.2) is 28.6 Å². The Bertz CT molecular complexity index is 661. The number of benzene rings is 1. The SMILES string of the molecule is Cc1cccc(S(=O)(=O)c2nnnn2C)c1C. The Kier molecular flexibility index (Phi) is 2.70. The molecule has 0 saturated heterocycles. The van der Waals surface area contributed by atoms with Crippen molar-refractivity contribution in [3.05, 3.63) is 29.3 Å². The van der Waals surface area contributed by atoms with Crippen molar-refractivity contribution < 1.29 is 8.42 Å². The fourth-order valence-electron chi connectivity index (χ4n) is 1.56. The van der Waals surface area contributed by atoms with E-state index in [4.69, 9.17) is 0 Å². The van der Waals surface area contributed by atoms with Gasteiger partial charge < -0.3 is 0 Å². The van der Waals surface area contributed by atoms with E-state index < -0.39 is 9.84 Å². The molecule has 0 aliphatic heterocycles. The Morgan fingerprint density at radius 2 is 1.94 bits per heavy atom. The van der Waals surface area contributed by atoms with Crippen LogP contribution in [-0.2, 0) is 16.9 Å². The van der Waals surface area contributed by atoms with Crippen molar-refractivity contribution >= 4 is 9.84 Å². The van der Waals surface area contributed by atoms with Crippen molar-refractivity contribution in [2.45, 2.75) is 23.9 Å². The van der Waals surface area contributed by atoms with E-state index in [0.717, 1.165) is 15.8 Å². The van der Waals surface area contributed by atoms with Gasteiger partial charge in [0.25, 0.3) is 5.16 Å². The molecule has 0 atom stereocenters. The highest BCUT2D eigenvalue weighted by Gasteiger charge is 2.25. The van der Waals surface area contributed by atoms with E-state index in [1.807, 2.05) is 13.0 Å². The van der Waals surface area contributed by atoms with Crippen LogP contribution in [0.5, 0.6) is 0 Å². The Balaban J connectivity index is 2.69. The number of aromatic nitrogens is 4. The summed E-state index contributed by atoms with van der Waals surface area (Å²) in [4.78, 5) is 0.246. The van der Waals surface area contributed by atoms with E-state index in [9.17, 15) is 8.42 Å². The fourth-order valence-corrected chi connectivity index (χ4v) is 3.11. The van der Waals surface area contributed by atoms with Crippen molar-refractivity contribution in [1.29, 1.82) is 0 Å². The van der Waals surface area contributed by atoms with Crippen molar-refractivity contribution in [2.24, 2.45) is 7.05 Å². The molecule has 0 saturated carbocycles. The number of rotatable bonds is 2. The summed E-state index contributed by atoms with van der Waals surface area (Å²) in [5.74, 6) is 0. The van der Waals surface area contributed by atoms with Crippen LogP contribution in [0.25, 0.3) is 0 Å². The molecule has 0 fully saturated rings. The van der Waals surface area contributed by atoms with E-state index in [0.29, 0.717) is 0 Å². The lowest BCUT2D eigenvalue weighted by atomic mass is 10.1. The summed E-state index contributed by atoms with van der Waals surface area (Å²) in [6, 6.07) is 5.13. The Morgan fingerprint density at radius 3 is 2.53 bits per heavy atom. The van der Waals surface area contributed by atoms with Crippen LogP contribution in [0.15, 0.2) is 28.3 Å². The first-order chi connectivity index (χ1) is 7.94. The molecule has 7 heteroatoms. The van der Waals surface area contributed by atoms with Gasteiger partial charge >= 0.3 is 0 Å². The molecule has 0 unspecified atom stereocenters. The van der Waals surface area contributed by atoms with E-state index in [1.165, 1.54) is 7.05 Å². The van der Waals surface area contributed by atoms with Gasteiger partial charge in [0.15, 0.2) is 0 Å². The Labute approximate surface area is 99.2 Å². The van der Waals surface area contributed by atoms with Crippen LogP contribution in [0.3, 0.4) is 0 Å². The lowest BCUT2D eigenvalue weighted by molar-refractivity contribution is 0.568. The molecule has 0 aliphatic rings. The second kappa shape index (κ2) is 3.92. The zero-order valence-corrected chi connectivity index (χ0v) is 10.6. The van der Waals surface area contributed by atoms with Crippen LogP contribution in [0.2, 0.25) is 0 Å². The summed E-state index contributed by atoms with van der Waals surface area (Å²) >= 11 is 0. The maximum Gasteiger partial charge on any atom is 0.272 e. The molecule has 1 heterocycles. The molecule has 6 nitrogen and oxygen atoms in total. The van der Waals surface area contributed by atoms with E-state index >= 15 is 0 Å². The summed E-state index contributed by atoms with van der Waals surface area (Å²) in [5.41, 5.74) is 1.64. The molecule has 1 aromatic carbocycles. The minimum Gasteiger partial charge on any atom is -0.219 e. The van der Waals surface area contributed by atoms with Gasteiger partial charge in [0.2, 0.25) is 9.84 Å². The van der Waals surface area contributed by atoms with Gasteiger partial charge in [-0.1, -0.05) is 17.2 Å². The van der Waals surface area contributed by atoms with Gasteiger partial charge in [0.05, 0.1) is 4.90 Å². The number of hydrogen-bond donors (Lipinski definition) is 0. The van der Waals surface area contributed by atoms with Crippen LogP contribution in [0.1, 0.15) is 11.1 Å². The van der Waals surface area contributed by atoms with Gasteiger partial charge in [0, 0.05) is 7.05 Å². The standard InChI is InChI=1S/C10H12N4O2S/c1-7-5-4-6-9(8(7)2)17(15,16)10-11-12-13-14(10)3/h4-6H,1-3H3. The molecule has 0 spiro atoms. The molecule has 1 aromatic heterocycles. The predicted octanol–water partition coefficient (Wildman–Crippen LogP) is 0.660. The average molecular weight is 252 g/mol. The van der Waals surface area contributed by atoms with Crippen LogP contribution >= 0.6 is 0 Å². The van der Waals surface area contributed by atoms with Crippen LogP contribution in [0.4, 0.5) is 0 Å². The third-order valence-electron chi connectivity index (χ3n) is 2.67. The third-order valence-corrected chi connectivity index (χ3v) is 4.51. The first kappa shape index (κ1) is 11.7. The van der Waals surface area contributed by atoms with Crippen LogP contribution < -0.4 is 0 Å². The van der Waals surface area contributed by atoms with E-state index in [1.54, 1.807) is 19.1 Å². The highest BCUT2D eigenvalue weighted by molar-refractivity contribution is 7.91. The number of tetrazole rings is 1. The normalized spacial score (nSPS) is 11.7. The van der Waals surface area contributed by atoms with Gasteiger partial charge in [0.1, 0.15) is 0 Å². The zero-order valence-electron chi connectivity index (χ0n) is 9.75. The maximum absolute atomic E-state index is 12.3. The largest absolute Gasteiger partial charge is 0.272 e. The fraction of sp³-hybridized carbons (Fsp3) is 0.300. The number of nitrogens with zero attached hydrogens (tertiary/aromatic N) is 4. The molecule has 0 aliphatic carbocycles. The minimum absolute atomic E-state index is 0.147. The first-order valence-electron chi connectivity index (χ1n) is 4.98. The molecular formula is C10H12N4O2S. The smallest absolute Gasteiger partial charge is 0.219 e. The quantitative estimate of drug-likeness (QED) is 0.784. The average Bonchev–Trinajstić information content (AvgIpc) is 2.69. The molecule has 90 valence electrons. The van der Waals surface area contributed by atoms with E-state index in [2.05, 4.69) is 15.5 Å². The molecule has 0 bridgehead atoms. The molecule has 17 heavy (non-hydrogen) atoms. The van der Waals surface area contributed by atoms with Gasteiger partial charge in [-0.25, -0.2) is 13.1 Å². The lowest BCUT2D eigenvalue weighted by Crippen LogP contribution is -2.11. The van der Waals surface area contributed by atoms with Crippen molar-refractivity contribution in [1.82, 2.24) is 20.2 Å². The predicted molar refractivity (Wildman–Crippen MR) is 60.2 cm³/mol. The minimum atomic E-state index is -3.65.